The van der Waals surface area contributed by atoms with E-state index in [9.17, 15) is 26.7 Å². The molecule has 1 aromatic carbocycles. The minimum atomic E-state index is -4.83. The van der Waals surface area contributed by atoms with Crippen molar-refractivity contribution in [1.82, 2.24) is 4.31 Å². The SMILES string of the molecule is CC(O)(c1ccc(S(=O)(=O)N2CCCCC2)cc1)C(F)(F)F. The van der Waals surface area contributed by atoms with Crippen molar-refractivity contribution in [2.75, 3.05) is 13.1 Å². The Kier molecular flexibility index (Phi) is 4.56. The molecule has 1 atom stereocenters. The summed E-state index contributed by atoms with van der Waals surface area (Å²) < 4.78 is 64.4. The fourth-order valence-corrected chi connectivity index (χ4v) is 3.89. The molecule has 1 N–H and O–H groups in total. The summed E-state index contributed by atoms with van der Waals surface area (Å²) in [5, 5.41) is 9.58. The zero-order chi connectivity index (χ0) is 16.6. The fourth-order valence-electron chi connectivity index (χ4n) is 2.37. The molecule has 1 saturated heterocycles. The average Bonchev–Trinajstić information content (AvgIpc) is 2.47. The summed E-state index contributed by atoms with van der Waals surface area (Å²) in [4.78, 5) is -0.0591. The van der Waals surface area contributed by atoms with E-state index in [2.05, 4.69) is 0 Å². The molecule has 1 unspecified atom stereocenters. The van der Waals surface area contributed by atoms with Crippen molar-refractivity contribution in [3.05, 3.63) is 29.8 Å². The number of hydrogen-bond donors (Lipinski definition) is 1. The number of aliphatic hydroxyl groups is 1. The normalized spacial score (nSPS) is 20.6. The quantitative estimate of drug-likeness (QED) is 0.922. The molecule has 1 aromatic rings. The summed E-state index contributed by atoms with van der Waals surface area (Å²) in [6.07, 6.45) is -2.31. The molecule has 8 heteroatoms. The first kappa shape index (κ1) is 17.2. The van der Waals surface area contributed by atoms with Gasteiger partial charge in [0.1, 0.15) is 0 Å². The van der Waals surface area contributed by atoms with Crippen LogP contribution in [0.2, 0.25) is 0 Å². The number of benzene rings is 1. The molecule has 0 bridgehead atoms. The number of sulfonamides is 1. The van der Waals surface area contributed by atoms with Gasteiger partial charge in [-0.15, -0.1) is 0 Å². The number of hydrogen-bond acceptors (Lipinski definition) is 3. The second-order valence-electron chi connectivity index (χ2n) is 5.56. The average molecular weight is 337 g/mol. The smallest absolute Gasteiger partial charge is 0.376 e. The Morgan fingerprint density at radius 3 is 2.00 bits per heavy atom. The standard InChI is InChI=1S/C14H18F3NO3S/c1-13(19,14(15,16)17)11-5-7-12(8-6-11)22(20,21)18-9-3-2-4-10-18/h5-8,19H,2-4,9-10H2,1H3. The van der Waals surface area contributed by atoms with E-state index in [4.69, 9.17) is 0 Å². The Bertz CT molecular complexity index is 618. The third-order valence-corrected chi connectivity index (χ3v) is 5.83. The molecule has 1 heterocycles. The summed E-state index contributed by atoms with van der Waals surface area (Å²) >= 11 is 0. The maximum Gasteiger partial charge on any atom is 0.421 e. The van der Waals surface area contributed by atoms with E-state index < -0.39 is 27.4 Å². The topological polar surface area (TPSA) is 57.6 Å². The van der Waals surface area contributed by atoms with E-state index in [1.807, 2.05) is 0 Å². The summed E-state index contributed by atoms with van der Waals surface area (Å²) in [6, 6.07) is 4.23. The predicted molar refractivity (Wildman–Crippen MR) is 74.7 cm³/mol. The van der Waals surface area contributed by atoms with Crippen molar-refractivity contribution < 1.29 is 26.7 Å². The molecule has 0 radical (unpaired) electrons. The van der Waals surface area contributed by atoms with Gasteiger partial charge < -0.3 is 5.11 Å². The van der Waals surface area contributed by atoms with E-state index in [1.165, 1.54) is 4.31 Å². The molecule has 0 saturated carbocycles. The lowest BCUT2D eigenvalue weighted by Crippen LogP contribution is -2.39. The Hall–Kier alpha value is -1.12. The Balaban J connectivity index is 2.29. The van der Waals surface area contributed by atoms with Crippen LogP contribution in [0.15, 0.2) is 29.2 Å². The van der Waals surface area contributed by atoms with Gasteiger partial charge in [0, 0.05) is 13.1 Å². The lowest BCUT2D eigenvalue weighted by molar-refractivity contribution is -0.258. The molecular formula is C14H18F3NO3S. The van der Waals surface area contributed by atoms with Crippen LogP contribution >= 0.6 is 0 Å². The fraction of sp³-hybridized carbons (Fsp3) is 0.571. The van der Waals surface area contributed by atoms with Crippen LogP contribution in [0.1, 0.15) is 31.7 Å². The third-order valence-electron chi connectivity index (χ3n) is 3.92. The van der Waals surface area contributed by atoms with Crippen LogP contribution in [0, 0.1) is 0 Å². The zero-order valence-corrected chi connectivity index (χ0v) is 12.9. The number of alkyl halides is 3. The highest BCUT2D eigenvalue weighted by atomic mass is 32.2. The van der Waals surface area contributed by atoms with Crippen molar-refractivity contribution in [3.63, 3.8) is 0 Å². The van der Waals surface area contributed by atoms with Crippen molar-refractivity contribution in [1.29, 1.82) is 0 Å². The lowest BCUT2D eigenvalue weighted by Gasteiger charge is -2.28. The van der Waals surface area contributed by atoms with Gasteiger partial charge in [-0.05, 0) is 37.5 Å². The van der Waals surface area contributed by atoms with Crippen molar-refractivity contribution in [2.45, 2.75) is 42.9 Å². The lowest BCUT2D eigenvalue weighted by atomic mass is 9.96. The summed E-state index contributed by atoms with van der Waals surface area (Å²) in [5.74, 6) is 0. The van der Waals surface area contributed by atoms with Gasteiger partial charge in [-0.1, -0.05) is 18.6 Å². The van der Waals surface area contributed by atoms with Gasteiger partial charge in [-0.25, -0.2) is 8.42 Å². The highest BCUT2D eigenvalue weighted by molar-refractivity contribution is 7.89. The van der Waals surface area contributed by atoms with Gasteiger partial charge in [0.25, 0.3) is 0 Å². The van der Waals surface area contributed by atoms with Gasteiger partial charge in [-0.3, -0.25) is 0 Å². The monoisotopic (exact) mass is 337 g/mol. The first-order valence-electron chi connectivity index (χ1n) is 6.96. The molecule has 1 aliphatic heterocycles. The molecule has 1 fully saturated rings. The molecule has 0 amide bonds. The van der Waals surface area contributed by atoms with Gasteiger partial charge in [0.2, 0.25) is 10.0 Å². The highest BCUT2D eigenvalue weighted by Gasteiger charge is 2.51. The molecule has 0 aromatic heterocycles. The zero-order valence-electron chi connectivity index (χ0n) is 12.1. The van der Waals surface area contributed by atoms with Crippen LogP contribution in [0.4, 0.5) is 13.2 Å². The predicted octanol–water partition coefficient (Wildman–Crippen LogP) is 2.63. The third kappa shape index (κ3) is 3.13. The highest BCUT2D eigenvalue weighted by Crippen LogP contribution is 2.38. The van der Waals surface area contributed by atoms with Crippen LogP contribution in [0.3, 0.4) is 0 Å². The molecule has 2 rings (SSSR count). The van der Waals surface area contributed by atoms with Gasteiger partial charge in [0.05, 0.1) is 4.90 Å². The van der Waals surface area contributed by atoms with Crippen LogP contribution in [-0.2, 0) is 15.6 Å². The maximum absolute atomic E-state index is 12.8. The summed E-state index contributed by atoms with van der Waals surface area (Å²) in [6.45, 7) is 1.48. The molecule has 1 aliphatic rings. The van der Waals surface area contributed by atoms with Gasteiger partial charge in [0.15, 0.2) is 5.60 Å². The minimum absolute atomic E-state index is 0.0591. The summed E-state index contributed by atoms with van der Waals surface area (Å²) in [7, 11) is -3.69. The summed E-state index contributed by atoms with van der Waals surface area (Å²) in [5.41, 5.74) is -3.40. The van der Waals surface area contributed by atoms with Crippen molar-refractivity contribution >= 4 is 10.0 Å². The van der Waals surface area contributed by atoms with Crippen molar-refractivity contribution in [2.24, 2.45) is 0 Å². The van der Waals surface area contributed by atoms with Crippen LogP contribution in [-0.4, -0.2) is 37.1 Å². The number of nitrogens with zero attached hydrogens (tertiary/aromatic N) is 1. The van der Waals surface area contributed by atoms with Crippen molar-refractivity contribution in [3.8, 4) is 0 Å². The minimum Gasteiger partial charge on any atom is -0.376 e. The van der Waals surface area contributed by atoms with Crippen LogP contribution in [0.5, 0.6) is 0 Å². The molecule has 0 spiro atoms. The number of halogens is 3. The molecule has 22 heavy (non-hydrogen) atoms. The van der Waals surface area contributed by atoms with E-state index in [-0.39, 0.29) is 4.90 Å². The largest absolute Gasteiger partial charge is 0.421 e. The van der Waals surface area contributed by atoms with E-state index in [1.54, 1.807) is 0 Å². The first-order chi connectivity index (χ1) is 10.1. The second kappa shape index (κ2) is 5.82. The Labute approximate surface area is 127 Å². The first-order valence-corrected chi connectivity index (χ1v) is 8.40. The Morgan fingerprint density at radius 2 is 1.55 bits per heavy atom. The number of piperidine rings is 1. The van der Waals surface area contributed by atoms with Crippen LogP contribution < -0.4 is 0 Å². The Morgan fingerprint density at radius 1 is 1.05 bits per heavy atom. The maximum atomic E-state index is 12.8. The molecule has 4 nitrogen and oxygen atoms in total. The number of rotatable bonds is 3. The van der Waals surface area contributed by atoms with E-state index >= 15 is 0 Å². The molecule has 0 aliphatic carbocycles. The van der Waals surface area contributed by atoms with Gasteiger partial charge in [-0.2, -0.15) is 17.5 Å². The van der Waals surface area contributed by atoms with Gasteiger partial charge >= 0.3 is 6.18 Å². The molecular weight excluding hydrogens is 319 g/mol. The van der Waals surface area contributed by atoms with E-state index in [0.29, 0.717) is 20.0 Å². The second-order valence-corrected chi connectivity index (χ2v) is 7.50. The van der Waals surface area contributed by atoms with Crippen LogP contribution in [0.25, 0.3) is 0 Å². The molecule has 124 valence electrons. The van der Waals surface area contributed by atoms with E-state index in [0.717, 1.165) is 43.5 Å².